The van der Waals surface area contributed by atoms with Gasteiger partial charge in [-0.25, -0.2) is 4.63 Å². The van der Waals surface area contributed by atoms with Gasteiger partial charge < -0.3 is 11.1 Å². The van der Waals surface area contributed by atoms with Crippen LogP contribution in [0.4, 0.5) is 5.82 Å². The lowest BCUT2D eigenvalue weighted by Crippen LogP contribution is -2.33. The maximum atomic E-state index is 11.7. The number of nitrogens with two attached hydrogens (primary N) is 1. The van der Waals surface area contributed by atoms with Crippen LogP contribution >= 0.6 is 0 Å². The summed E-state index contributed by atoms with van der Waals surface area (Å²) in [6, 6.07) is 0. The highest BCUT2D eigenvalue weighted by Gasteiger charge is 2.45. The molecule has 1 aromatic heterocycles. The van der Waals surface area contributed by atoms with Crippen molar-refractivity contribution in [1.82, 2.24) is 15.6 Å². The zero-order valence-corrected chi connectivity index (χ0v) is 9.49. The molecule has 3 N–H and O–H groups in total. The number of amides is 1. The summed E-state index contributed by atoms with van der Waals surface area (Å²) in [6.45, 7) is 5.01. The van der Waals surface area contributed by atoms with Crippen molar-refractivity contribution in [3.05, 3.63) is 5.69 Å². The first kappa shape index (κ1) is 10.9. The Morgan fingerprint density at radius 2 is 2.25 bits per heavy atom. The van der Waals surface area contributed by atoms with Gasteiger partial charge in [0.2, 0.25) is 11.5 Å². The molecule has 6 nitrogen and oxygen atoms in total. The summed E-state index contributed by atoms with van der Waals surface area (Å²) in [6.07, 6.45) is 2.33. The van der Waals surface area contributed by atoms with Crippen molar-refractivity contribution in [2.24, 2.45) is 11.3 Å². The number of rotatable bonds is 4. The molecule has 0 aliphatic heterocycles. The Kier molecular flexibility index (Phi) is 2.57. The second-order valence-electron chi connectivity index (χ2n) is 4.70. The Bertz CT molecular complexity index is 395. The van der Waals surface area contributed by atoms with Gasteiger partial charge in [-0.05, 0) is 34.5 Å². The normalized spacial score (nSPS) is 17.4. The van der Waals surface area contributed by atoms with Gasteiger partial charge in [-0.2, -0.15) is 0 Å². The second kappa shape index (κ2) is 3.77. The first-order valence-electron chi connectivity index (χ1n) is 5.41. The number of nitrogen functional groups attached to an aromatic ring is 1. The summed E-state index contributed by atoms with van der Waals surface area (Å²) < 4.78 is 4.38. The summed E-state index contributed by atoms with van der Waals surface area (Å²) in [5.41, 5.74) is 5.76. The molecular formula is C10H16N4O2. The van der Waals surface area contributed by atoms with Crippen molar-refractivity contribution in [2.75, 3.05) is 12.3 Å². The standard InChI is InChI=1S/C10H16N4O2/c1-6(2)10(3-4-10)5-12-9(15)7-8(11)14-16-13-7/h6H,3-5H2,1-2H3,(H2,11,14)(H,12,15). The summed E-state index contributed by atoms with van der Waals surface area (Å²) >= 11 is 0. The van der Waals surface area contributed by atoms with Gasteiger partial charge in [-0.1, -0.05) is 13.8 Å². The number of carbonyl (C=O) groups excluding carboxylic acids is 1. The second-order valence-corrected chi connectivity index (χ2v) is 4.70. The summed E-state index contributed by atoms with van der Waals surface area (Å²) in [5.74, 6) is 0.290. The maximum absolute atomic E-state index is 11.7. The first-order valence-corrected chi connectivity index (χ1v) is 5.41. The average molecular weight is 224 g/mol. The Labute approximate surface area is 93.5 Å². The van der Waals surface area contributed by atoms with E-state index in [4.69, 9.17) is 5.73 Å². The van der Waals surface area contributed by atoms with Gasteiger partial charge >= 0.3 is 0 Å². The molecule has 0 radical (unpaired) electrons. The number of nitrogens with zero attached hydrogens (tertiary/aromatic N) is 2. The van der Waals surface area contributed by atoms with E-state index in [9.17, 15) is 4.79 Å². The molecule has 0 bridgehead atoms. The third-order valence-electron chi connectivity index (χ3n) is 3.45. The lowest BCUT2D eigenvalue weighted by Gasteiger charge is -2.19. The lowest BCUT2D eigenvalue weighted by molar-refractivity contribution is 0.0930. The summed E-state index contributed by atoms with van der Waals surface area (Å²) in [7, 11) is 0. The highest BCUT2D eigenvalue weighted by Crippen LogP contribution is 2.51. The Morgan fingerprint density at radius 1 is 1.56 bits per heavy atom. The van der Waals surface area contributed by atoms with Crippen LogP contribution in [0, 0.1) is 11.3 Å². The van der Waals surface area contributed by atoms with E-state index in [0.717, 1.165) is 12.8 Å². The van der Waals surface area contributed by atoms with Crippen molar-refractivity contribution in [3.63, 3.8) is 0 Å². The van der Waals surface area contributed by atoms with Crippen molar-refractivity contribution in [2.45, 2.75) is 26.7 Å². The van der Waals surface area contributed by atoms with Gasteiger partial charge in [0.05, 0.1) is 0 Å². The molecule has 1 saturated carbocycles. The molecule has 1 heterocycles. The Hall–Kier alpha value is -1.59. The molecule has 6 heteroatoms. The van der Waals surface area contributed by atoms with Gasteiger partial charge in [-0.15, -0.1) is 0 Å². The molecule has 0 spiro atoms. The predicted octanol–water partition coefficient (Wildman–Crippen LogP) is 0.818. The molecule has 0 aromatic carbocycles. The highest BCUT2D eigenvalue weighted by molar-refractivity contribution is 5.96. The summed E-state index contributed by atoms with van der Waals surface area (Å²) in [4.78, 5) is 11.7. The van der Waals surface area contributed by atoms with Crippen LogP contribution in [0.3, 0.4) is 0 Å². The van der Waals surface area contributed by atoms with Crippen LogP contribution in [0.25, 0.3) is 0 Å². The lowest BCUT2D eigenvalue weighted by atomic mass is 9.92. The van der Waals surface area contributed by atoms with Gasteiger partial charge in [-0.3, -0.25) is 4.79 Å². The van der Waals surface area contributed by atoms with Crippen molar-refractivity contribution >= 4 is 11.7 Å². The minimum Gasteiger partial charge on any atom is -0.379 e. The number of carbonyl (C=O) groups is 1. The van der Waals surface area contributed by atoms with Gasteiger partial charge in [0.15, 0.2) is 0 Å². The SMILES string of the molecule is CC(C)C1(CNC(=O)c2nonc2N)CC1. The number of nitrogens with one attached hydrogen (secondary N) is 1. The third-order valence-corrected chi connectivity index (χ3v) is 3.45. The van der Waals surface area contributed by atoms with Crippen molar-refractivity contribution in [3.8, 4) is 0 Å². The minimum atomic E-state index is -0.314. The van der Waals surface area contributed by atoms with Crippen molar-refractivity contribution in [1.29, 1.82) is 0 Å². The van der Waals surface area contributed by atoms with E-state index in [2.05, 4.69) is 34.1 Å². The molecule has 0 atom stereocenters. The Morgan fingerprint density at radius 3 is 2.69 bits per heavy atom. The van der Waals surface area contributed by atoms with E-state index < -0.39 is 0 Å². The summed E-state index contributed by atoms with van der Waals surface area (Å²) in [5, 5.41) is 9.65. The monoisotopic (exact) mass is 224 g/mol. The number of hydrogen-bond donors (Lipinski definition) is 2. The molecule has 1 aliphatic carbocycles. The van der Waals surface area contributed by atoms with Crippen molar-refractivity contribution < 1.29 is 9.42 Å². The number of hydrogen-bond acceptors (Lipinski definition) is 5. The molecule has 0 unspecified atom stereocenters. The molecule has 88 valence electrons. The Balaban J connectivity index is 1.92. The molecule has 2 rings (SSSR count). The number of aromatic nitrogens is 2. The fourth-order valence-corrected chi connectivity index (χ4v) is 1.81. The topological polar surface area (TPSA) is 94.0 Å². The van der Waals surface area contributed by atoms with Crippen LogP contribution in [-0.2, 0) is 0 Å². The quantitative estimate of drug-likeness (QED) is 0.789. The van der Waals surface area contributed by atoms with Crippen LogP contribution < -0.4 is 11.1 Å². The van der Waals surface area contributed by atoms with Gasteiger partial charge in [0.25, 0.3) is 5.91 Å². The molecule has 0 saturated heterocycles. The van der Waals surface area contributed by atoms with Crippen LogP contribution in [0.5, 0.6) is 0 Å². The van der Waals surface area contributed by atoms with Gasteiger partial charge in [0.1, 0.15) is 0 Å². The largest absolute Gasteiger partial charge is 0.379 e. The predicted molar refractivity (Wildman–Crippen MR) is 57.5 cm³/mol. The van der Waals surface area contributed by atoms with E-state index >= 15 is 0 Å². The van der Waals surface area contributed by atoms with Crippen LogP contribution in [0.15, 0.2) is 4.63 Å². The van der Waals surface area contributed by atoms with E-state index in [1.54, 1.807) is 0 Å². The molecule has 1 amide bonds. The zero-order chi connectivity index (χ0) is 11.8. The van der Waals surface area contributed by atoms with E-state index in [1.165, 1.54) is 0 Å². The van der Waals surface area contributed by atoms with Crippen LogP contribution in [-0.4, -0.2) is 22.8 Å². The maximum Gasteiger partial charge on any atom is 0.277 e. The smallest absolute Gasteiger partial charge is 0.277 e. The molecule has 1 fully saturated rings. The van der Waals surface area contributed by atoms with Crippen LogP contribution in [0.2, 0.25) is 0 Å². The molecule has 1 aliphatic rings. The third kappa shape index (κ3) is 1.87. The molecule has 16 heavy (non-hydrogen) atoms. The fraction of sp³-hybridized carbons (Fsp3) is 0.700. The van der Waals surface area contributed by atoms with E-state index in [0.29, 0.717) is 12.5 Å². The van der Waals surface area contributed by atoms with Crippen LogP contribution in [0.1, 0.15) is 37.2 Å². The minimum absolute atomic E-state index is 0.0342. The zero-order valence-electron chi connectivity index (χ0n) is 9.49. The number of anilines is 1. The first-order chi connectivity index (χ1) is 7.55. The fourth-order valence-electron chi connectivity index (χ4n) is 1.81. The van der Waals surface area contributed by atoms with E-state index in [1.807, 2.05) is 0 Å². The molecule has 1 aromatic rings. The average Bonchev–Trinajstić information content (AvgIpc) is 2.92. The highest BCUT2D eigenvalue weighted by atomic mass is 16.6. The molecular weight excluding hydrogens is 208 g/mol. The van der Waals surface area contributed by atoms with Gasteiger partial charge in [0, 0.05) is 6.54 Å². The van der Waals surface area contributed by atoms with E-state index in [-0.39, 0.29) is 22.8 Å².